The Kier molecular flexibility index (Phi) is 1.71. The van der Waals surface area contributed by atoms with Gasteiger partial charge in [0.15, 0.2) is 0 Å². The lowest BCUT2D eigenvalue weighted by Crippen LogP contribution is -2.59. The van der Waals surface area contributed by atoms with Gasteiger partial charge >= 0.3 is 11.4 Å². The number of benzene rings is 1. The SMILES string of the molecule is COCC12C3C4C5C(C(C43)n3c(=O)n(-c4ccccc4)c(=O)n31)C52. The molecular formula is C18H17N3O3. The molecule has 0 radical (unpaired) electrons. The van der Waals surface area contributed by atoms with Gasteiger partial charge in [0.1, 0.15) is 0 Å². The Morgan fingerprint density at radius 3 is 2.29 bits per heavy atom. The lowest BCUT2D eigenvalue weighted by Gasteiger charge is -2.46. The van der Waals surface area contributed by atoms with Crippen LogP contribution in [-0.4, -0.2) is 27.6 Å². The first-order valence-electron chi connectivity index (χ1n) is 8.75. The van der Waals surface area contributed by atoms with Crippen molar-refractivity contribution in [3.63, 3.8) is 0 Å². The molecule has 2 aliphatic heterocycles. The van der Waals surface area contributed by atoms with Crippen molar-refractivity contribution in [1.82, 2.24) is 13.9 Å². The molecule has 24 heavy (non-hydrogen) atoms. The van der Waals surface area contributed by atoms with Crippen molar-refractivity contribution >= 4 is 0 Å². The van der Waals surface area contributed by atoms with Gasteiger partial charge in [-0.2, -0.15) is 0 Å². The number of rotatable bonds is 3. The van der Waals surface area contributed by atoms with Crippen LogP contribution in [0.15, 0.2) is 39.9 Å². The molecule has 6 nitrogen and oxygen atoms in total. The molecule has 4 fully saturated rings. The fourth-order valence-electron chi connectivity index (χ4n) is 7.39. The highest BCUT2D eigenvalue weighted by atomic mass is 16.5. The van der Waals surface area contributed by atoms with Gasteiger partial charge in [-0.3, -0.25) is 0 Å². The zero-order chi connectivity index (χ0) is 16.0. The average Bonchev–Trinajstić information content (AvgIpc) is 3.42. The maximum Gasteiger partial charge on any atom is 0.352 e. The molecule has 2 aromatic rings. The third kappa shape index (κ3) is 0.922. The molecular weight excluding hydrogens is 306 g/mol. The summed E-state index contributed by atoms with van der Waals surface area (Å²) in [6, 6.07) is 9.52. The van der Waals surface area contributed by atoms with Gasteiger partial charge in [-0.25, -0.2) is 23.5 Å². The molecule has 6 aliphatic rings. The van der Waals surface area contributed by atoms with Crippen molar-refractivity contribution in [2.24, 2.45) is 35.5 Å². The standard InChI is InChI=1S/C18H17N3O3/c1-24-7-18-13-9-10-12(14(10)18)15(11(9)13)20-16(22)19(17(23)21(18)20)8-5-3-2-4-6-8/h2-6,9-15H,7H2,1H3. The van der Waals surface area contributed by atoms with Crippen LogP contribution in [0.1, 0.15) is 6.04 Å². The molecule has 0 saturated heterocycles. The molecule has 122 valence electrons. The van der Waals surface area contributed by atoms with Gasteiger partial charge in [0, 0.05) is 7.11 Å². The largest absolute Gasteiger partial charge is 0.382 e. The van der Waals surface area contributed by atoms with Gasteiger partial charge in [-0.15, -0.1) is 0 Å². The van der Waals surface area contributed by atoms with Gasteiger partial charge in [-0.1, -0.05) is 18.2 Å². The van der Waals surface area contributed by atoms with Crippen molar-refractivity contribution in [2.45, 2.75) is 11.6 Å². The van der Waals surface area contributed by atoms with E-state index in [2.05, 4.69) is 0 Å². The van der Waals surface area contributed by atoms with E-state index in [1.807, 2.05) is 39.7 Å². The van der Waals surface area contributed by atoms with E-state index < -0.39 is 0 Å². The van der Waals surface area contributed by atoms with Crippen LogP contribution in [0.5, 0.6) is 0 Å². The van der Waals surface area contributed by atoms with Crippen LogP contribution >= 0.6 is 0 Å². The zero-order valence-corrected chi connectivity index (χ0v) is 13.2. The Morgan fingerprint density at radius 1 is 1.00 bits per heavy atom. The average molecular weight is 323 g/mol. The molecule has 2 bridgehead atoms. The van der Waals surface area contributed by atoms with E-state index in [9.17, 15) is 9.59 Å². The van der Waals surface area contributed by atoms with E-state index in [4.69, 9.17) is 4.74 Å². The number of hydrogen-bond donors (Lipinski definition) is 0. The van der Waals surface area contributed by atoms with Crippen molar-refractivity contribution < 1.29 is 4.74 Å². The third-order valence-corrected chi connectivity index (χ3v) is 7.70. The Morgan fingerprint density at radius 2 is 1.67 bits per heavy atom. The highest BCUT2D eigenvalue weighted by Crippen LogP contribution is 2.93. The van der Waals surface area contributed by atoms with Crippen molar-refractivity contribution in [1.29, 1.82) is 0 Å². The predicted molar refractivity (Wildman–Crippen MR) is 84.1 cm³/mol. The molecule has 0 N–H and O–H groups in total. The minimum atomic E-state index is -0.273. The van der Waals surface area contributed by atoms with Crippen LogP contribution < -0.4 is 11.4 Å². The smallest absolute Gasteiger partial charge is 0.352 e. The molecule has 4 saturated carbocycles. The monoisotopic (exact) mass is 323 g/mol. The molecule has 4 aliphatic carbocycles. The van der Waals surface area contributed by atoms with E-state index >= 15 is 0 Å². The second kappa shape index (κ2) is 3.33. The molecule has 6 atom stereocenters. The van der Waals surface area contributed by atoms with Crippen LogP contribution in [0.25, 0.3) is 5.69 Å². The molecule has 1 aromatic carbocycles. The van der Waals surface area contributed by atoms with E-state index in [0.717, 1.165) is 11.8 Å². The normalized spacial score (nSPS) is 47.0. The lowest BCUT2D eigenvalue weighted by molar-refractivity contribution is -0.0381. The number of ether oxygens (including phenoxy) is 1. The van der Waals surface area contributed by atoms with Gasteiger partial charge in [-0.05, 0) is 47.6 Å². The molecule has 6 unspecified atom stereocenters. The number of hydrogen-bond acceptors (Lipinski definition) is 3. The first-order chi connectivity index (χ1) is 11.7. The fourth-order valence-corrected chi connectivity index (χ4v) is 7.39. The molecule has 0 spiro atoms. The summed E-state index contributed by atoms with van der Waals surface area (Å²) in [5.74, 6) is 3.76. The van der Waals surface area contributed by atoms with E-state index in [0.29, 0.717) is 36.0 Å². The lowest BCUT2D eigenvalue weighted by atomic mass is 9.77. The number of aromatic nitrogens is 3. The highest BCUT2D eigenvalue weighted by molar-refractivity contribution is 5.42. The van der Waals surface area contributed by atoms with Crippen LogP contribution in [-0.2, 0) is 10.3 Å². The summed E-state index contributed by atoms with van der Waals surface area (Å²) in [4.78, 5) is 26.5. The van der Waals surface area contributed by atoms with Gasteiger partial charge in [0.25, 0.3) is 0 Å². The van der Waals surface area contributed by atoms with Crippen molar-refractivity contribution in [3.05, 3.63) is 51.3 Å². The third-order valence-electron chi connectivity index (χ3n) is 7.70. The van der Waals surface area contributed by atoms with E-state index in [1.54, 1.807) is 7.11 Å². The van der Waals surface area contributed by atoms with Crippen molar-refractivity contribution in [3.8, 4) is 5.69 Å². The van der Waals surface area contributed by atoms with Gasteiger partial charge < -0.3 is 4.74 Å². The topological polar surface area (TPSA) is 58.2 Å². The van der Waals surface area contributed by atoms with E-state index in [-0.39, 0.29) is 23.0 Å². The Labute approximate surface area is 137 Å². The summed E-state index contributed by atoms with van der Waals surface area (Å²) in [6.45, 7) is 0.549. The second-order valence-corrected chi connectivity index (χ2v) is 8.17. The summed E-state index contributed by atoms with van der Waals surface area (Å²) in [5, 5.41) is 0. The summed E-state index contributed by atoms with van der Waals surface area (Å²) in [5.41, 5.74) is 0.0171. The minimum Gasteiger partial charge on any atom is -0.382 e. The summed E-state index contributed by atoms with van der Waals surface area (Å²) < 4.78 is 10.6. The van der Waals surface area contributed by atoms with Crippen LogP contribution in [0.3, 0.4) is 0 Å². The first kappa shape index (κ1) is 12.3. The summed E-state index contributed by atoms with van der Waals surface area (Å²) in [6.07, 6.45) is 0. The minimum absolute atomic E-state index is 0.174. The zero-order valence-electron chi connectivity index (χ0n) is 13.2. The Hall–Kier alpha value is -2.08. The predicted octanol–water partition coefficient (Wildman–Crippen LogP) is 0.449. The van der Waals surface area contributed by atoms with Crippen LogP contribution in [0.4, 0.5) is 0 Å². The second-order valence-electron chi connectivity index (χ2n) is 8.17. The molecule has 6 heteroatoms. The molecule has 0 amide bonds. The summed E-state index contributed by atoms with van der Waals surface area (Å²) in [7, 11) is 1.71. The fraction of sp³-hybridized carbons (Fsp3) is 0.556. The molecule has 8 rings (SSSR count). The number of methoxy groups -OCH3 is 1. The Balaban J connectivity index is 1.58. The maximum atomic E-state index is 13.3. The Bertz CT molecular complexity index is 1010. The number of para-hydroxylation sites is 1. The van der Waals surface area contributed by atoms with Crippen molar-refractivity contribution in [2.75, 3.05) is 13.7 Å². The van der Waals surface area contributed by atoms with Crippen LogP contribution in [0, 0.1) is 35.5 Å². The van der Waals surface area contributed by atoms with Gasteiger partial charge in [0.2, 0.25) is 0 Å². The number of nitrogens with zero attached hydrogens (tertiary/aromatic N) is 3. The van der Waals surface area contributed by atoms with Gasteiger partial charge in [0.05, 0.1) is 23.9 Å². The quantitative estimate of drug-likeness (QED) is 0.824. The highest BCUT2D eigenvalue weighted by Gasteiger charge is 2.95. The summed E-state index contributed by atoms with van der Waals surface area (Å²) >= 11 is 0. The maximum absolute atomic E-state index is 13.3. The first-order valence-corrected chi connectivity index (χ1v) is 8.75. The molecule has 1 aromatic heterocycles. The van der Waals surface area contributed by atoms with Crippen LogP contribution in [0.2, 0.25) is 0 Å². The molecule has 3 heterocycles. The van der Waals surface area contributed by atoms with E-state index in [1.165, 1.54) is 4.57 Å².